The number of rotatable bonds is 4. The lowest BCUT2D eigenvalue weighted by Gasteiger charge is -2.17. The number of hydrogen-bond acceptors (Lipinski definition) is 4. The number of anilines is 1. The molecule has 0 unspecified atom stereocenters. The SMILES string of the molecule is CC(=O)c1ccc2c(c1)CCN2C(=O)c1nnn(-c2ccccc2)c1-c1ccccc1. The molecule has 2 heterocycles. The largest absolute Gasteiger partial charge is 0.306 e. The van der Waals surface area contributed by atoms with E-state index in [0.29, 0.717) is 29.9 Å². The Labute approximate surface area is 179 Å². The highest BCUT2D eigenvalue weighted by Gasteiger charge is 2.31. The molecular weight excluding hydrogens is 388 g/mol. The highest BCUT2D eigenvalue weighted by atomic mass is 16.2. The molecule has 1 amide bonds. The Hall–Kier alpha value is -4.06. The summed E-state index contributed by atoms with van der Waals surface area (Å²) >= 11 is 0. The minimum absolute atomic E-state index is 0.0183. The highest BCUT2D eigenvalue weighted by Crippen LogP contribution is 2.32. The van der Waals surface area contributed by atoms with E-state index in [2.05, 4.69) is 10.3 Å². The number of carbonyl (C=O) groups excluding carboxylic acids is 2. The van der Waals surface area contributed by atoms with Gasteiger partial charge in [0, 0.05) is 23.4 Å². The van der Waals surface area contributed by atoms with Crippen LogP contribution in [0.25, 0.3) is 16.9 Å². The van der Waals surface area contributed by atoms with Crippen molar-refractivity contribution in [3.63, 3.8) is 0 Å². The summed E-state index contributed by atoms with van der Waals surface area (Å²) in [5, 5.41) is 8.62. The summed E-state index contributed by atoms with van der Waals surface area (Å²) in [6.45, 7) is 2.09. The van der Waals surface area contributed by atoms with Crippen LogP contribution in [0.3, 0.4) is 0 Å². The Kier molecular flexibility index (Phi) is 4.67. The molecule has 0 fully saturated rings. The standard InChI is InChI=1S/C25H20N4O2/c1-17(30)19-12-13-22-20(16-19)14-15-28(22)25(31)23-24(18-8-4-2-5-9-18)29(27-26-23)21-10-6-3-7-11-21/h2-13,16H,14-15H2,1H3. The molecular formula is C25H20N4O2. The van der Waals surface area contributed by atoms with Crippen molar-refractivity contribution in [3.05, 3.63) is 95.7 Å². The minimum Gasteiger partial charge on any atom is -0.306 e. The van der Waals surface area contributed by atoms with Crippen LogP contribution in [0.2, 0.25) is 0 Å². The van der Waals surface area contributed by atoms with Gasteiger partial charge in [-0.05, 0) is 49.2 Å². The number of carbonyl (C=O) groups is 2. The Balaban J connectivity index is 1.60. The van der Waals surface area contributed by atoms with E-state index in [-0.39, 0.29) is 11.7 Å². The fourth-order valence-electron chi connectivity index (χ4n) is 3.99. The maximum absolute atomic E-state index is 13.6. The lowest BCUT2D eigenvalue weighted by molar-refractivity contribution is 0.0983. The van der Waals surface area contributed by atoms with Gasteiger partial charge in [-0.3, -0.25) is 9.59 Å². The van der Waals surface area contributed by atoms with Crippen molar-refractivity contribution < 1.29 is 9.59 Å². The van der Waals surface area contributed by atoms with Crippen molar-refractivity contribution >= 4 is 17.4 Å². The van der Waals surface area contributed by atoms with E-state index in [1.165, 1.54) is 0 Å². The molecule has 6 nitrogen and oxygen atoms in total. The van der Waals surface area contributed by atoms with Crippen LogP contribution in [0.1, 0.15) is 33.3 Å². The van der Waals surface area contributed by atoms with Gasteiger partial charge >= 0.3 is 0 Å². The smallest absolute Gasteiger partial charge is 0.281 e. The van der Waals surface area contributed by atoms with Crippen molar-refractivity contribution in [2.75, 3.05) is 11.4 Å². The number of ketones is 1. The van der Waals surface area contributed by atoms with Gasteiger partial charge < -0.3 is 4.90 Å². The zero-order chi connectivity index (χ0) is 21.4. The molecule has 0 bridgehead atoms. The molecule has 0 radical (unpaired) electrons. The van der Waals surface area contributed by atoms with Crippen LogP contribution in [0.15, 0.2) is 78.9 Å². The van der Waals surface area contributed by atoms with Gasteiger partial charge in [0.2, 0.25) is 0 Å². The monoisotopic (exact) mass is 408 g/mol. The number of para-hydroxylation sites is 1. The second-order valence-electron chi connectivity index (χ2n) is 7.51. The molecule has 0 saturated carbocycles. The van der Waals surface area contributed by atoms with E-state index in [1.807, 2.05) is 72.8 Å². The molecule has 0 spiro atoms. The average Bonchev–Trinajstić information content (AvgIpc) is 3.44. The summed E-state index contributed by atoms with van der Waals surface area (Å²) in [4.78, 5) is 27.1. The van der Waals surface area contributed by atoms with Gasteiger partial charge in [0.1, 0.15) is 5.69 Å². The molecule has 4 aromatic rings. The van der Waals surface area contributed by atoms with Gasteiger partial charge in [0.15, 0.2) is 11.5 Å². The van der Waals surface area contributed by atoms with Crippen molar-refractivity contribution in [2.24, 2.45) is 0 Å². The first-order chi connectivity index (χ1) is 15.1. The zero-order valence-corrected chi connectivity index (χ0v) is 17.0. The van der Waals surface area contributed by atoms with Crippen LogP contribution in [-0.2, 0) is 6.42 Å². The summed E-state index contributed by atoms with van der Waals surface area (Å²) in [7, 11) is 0. The predicted molar refractivity (Wildman–Crippen MR) is 119 cm³/mol. The van der Waals surface area contributed by atoms with Gasteiger partial charge in [0.05, 0.1) is 5.69 Å². The van der Waals surface area contributed by atoms with Gasteiger partial charge in [-0.2, -0.15) is 0 Å². The van der Waals surface area contributed by atoms with Crippen molar-refractivity contribution in [1.82, 2.24) is 15.0 Å². The summed E-state index contributed by atoms with van der Waals surface area (Å²) in [5.74, 6) is -0.180. The van der Waals surface area contributed by atoms with E-state index in [9.17, 15) is 9.59 Å². The van der Waals surface area contributed by atoms with Crippen molar-refractivity contribution in [3.8, 4) is 16.9 Å². The molecule has 6 heteroatoms. The third kappa shape index (κ3) is 3.32. The number of nitrogens with zero attached hydrogens (tertiary/aromatic N) is 4. The van der Waals surface area contributed by atoms with Crippen molar-refractivity contribution in [2.45, 2.75) is 13.3 Å². The van der Waals surface area contributed by atoms with E-state index in [1.54, 1.807) is 22.6 Å². The Morgan fingerprint density at radius 3 is 2.32 bits per heavy atom. The maximum Gasteiger partial charge on any atom is 0.281 e. The van der Waals surface area contributed by atoms with E-state index < -0.39 is 0 Å². The van der Waals surface area contributed by atoms with Crippen molar-refractivity contribution in [1.29, 1.82) is 0 Å². The number of hydrogen-bond donors (Lipinski definition) is 0. The molecule has 1 aliphatic heterocycles. The molecule has 152 valence electrons. The van der Waals surface area contributed by atoms with Crippen LogP contribution < -0.4 is 4.90 Å². The molecule has 0 N–H and O–H groups in total. The van der Waals surface area contributed by atoms with E-state index >= 15 is 0 Å². The third-order valence-corrected chi connectivity index (χ3v) is 5.55. The molecule has 1 aliphatic rings. The number of benzene rings is 3. The predicted octanol–water partition coefficient (Wildman–Crippen LogP) is 4.34. The molecule has 3 aromatic carbocycles. The molecule has 1 aromatic heterocycles. The van der Waals surface area contributed by atoms with E-state index in [0.717, 1.165) is 22.5 Å². The second-order valence-corrected chi connectivity index (χ2v) is 7.51. The number of Topliss-reactive ketones (excluding diaryl/α,β-unsaturated/α-hetero) is 1. The number of amides is 1. The first kappa shape index (κ1) is 18.9. The van der Waals surface area contributed by atoms with Gasteiger partial charge in [-0.25, -0.2) is 4.68 Å². The minimum atomic E-state index is -0.199. The average molecular weight is 408 g/mol. The summed E-state index contributed by atoms with van der Waals surface area (Å²) in [5.41, 5.74) is 5.14. The molecule has 5 rings (SSSR count). The topological polar surface area (TPSA) is 68.1 Å². The summed E-state index contributed by atoms with van der Waals surface area (Å²) in [6, 6.07) is 24.9. The molecule has 0 atom stereocenters. The highest BCUT2D eigenvalue weighted by molar-refractivity contribution is 6.09. The first-order valence-corrected chi connectivity index (χ1v) is 10.2. The quantitative estimate of drug-likeness (QED) is 0.471. The summed E-state index contributed by atoms with van der Waals surface area (Å²) in [6.07, 6.45) is 0.704. The lowest BCUT2D eigenvalue weighted by Crippen LogP contribution is -2.29. The molecule has 0 aliphatic carbocycles. The zero-order valence-electron chi connectivity index (χ0n) is 17.0. The van der Waals surface area contributed by atoms with Gasteiger partial charge in [0.25, 0.3) is 5.91 Å². The van der Waals surface area contributed by atoms with Gasteiger partial charge in [-0.15, -0.1) is 5.10 Å². The van der Waals surface area contributed by atoms with Gasteiger partial charge in [-0.1, -0.05) is 53.7 Å². The lowest BCUT2D eigenvalue weighted by atomic mass is 10.1. The van der Waals surface area contributed by atoms with E-state index in [4.69, 9.17) is 0 Å². The van der Waals surface area contributed by atoms with Crippen LogP contribution in [0.5, 0.6) is 0 Å². The molecule has 31 heavy (non-hydrogen) atoms. The number of fused-ring (bicyclic) bond motifs is 1. The maximum atomic E-state index is 13.6. The second kappa shape index (κ2) is 7.65. The van der Waals surface area contributed by atoms with Crippen LogP contribution >= 0.6 is 0 Å². The fraction of sp³-hybridized carbons (Fsp3) is 0.120. The Bertz CT molecular complexity index is 1280. The third-order valence-electron chi connectivity index (χ3n) is 5.55. The van der Waals surface area contributed by atoms with Crippen LogP contribution in [0, 0.1) is 0 Å². The Morgan fingerprint density at radius 2 is 1.61 bits per heavy atom. The number of aromatic nitrogens is 3. The molecule has 0 saturated heterocycles. The normalized spacial score (nSPS) is 12.6. The Morgan fingerprint density at radius 1 is 0.903 bits per heavy atom. The first-order valence-electron chi connectivity index (χ1n) is 10.2. The summed E-state index contributed by atoms with van der Waals surface area (Å²) < 4.78 is 1.71. The fourth-order valence-corrected chi connectivity index (χ4v) is 3.99. The van der Waals surface area contributed by atoms with Crippen LogP contribution in [0.4, 0.5) is 5.69 Å². The van der Waals surface area contributed by atoms with Crippen LogP contribution in [-0.4, -0.2) is 33.2 Å².